The van der Waals surface area contributed by atoms with Crippen LogP contribution in [-0.4, -0.2) is 5.66 Å². The Morgan fingerprint density at radius 2 is 1.29 bits per heavy atom. The van der Waals surface area contributed by atoms with E-state index in [0.717, 1.165) is 14.2 Å². The van der Waals surface area contributed by atoms with Crippen LogP contribution in [0.25, 0.3) is 10.8 Å². The van der Waals surface area contributed by atoms with Crippen molar-refractivity contribution < 1.29 is 0 Å². The standard InChI is InChI=1S/C20H27P/c1-2-4-6-13-18(14-7-5-3-1)21-20-16-10-12-17-11-8-9-15-19(17)20/h8-12,15-16,18,21H,1-7,13-14H2. The zero-order valence-corrected chi connectivity index (χ0v) is 14.0. The Kier molecular flexibility index (Phi) is 5.69. The molecule has 0 saturated heterocycles. The first kappa shape index (κ1) is 15.0. The minimum Gasteiger partial charge on any atom is -0.0865 e. The molecule has 0 N–H and O–H groups in total. The number of hydrogen-bond acceptors (Lipinski definition) is 0. The summed E-state index contributed by atoms with van der Waals surface area (Å²) in [7, 11) is 0.995. The van der Waals surface area contributed by atoms with Gasteiger partial charge in [-0.25, -0.2) is 0 Å². The van der Waals surface area contributed by atoms with E-state index < -0.39 is 0 Å². The van der Waals surface area contributed by atoms with Crippen molar-refractivity contribution in [2.45, 2.75) is 63.4 Å². The number of hydrogen-bond donors (Lipinski definition) is 0. The molecule has 1 saturated carbocycles. The molecule has 1 unspecified atom stereocenters. The molecule has 2 aromatic carbocycles. The fourth-order valence-corrected chi connectivity index (χ4v) is 5.24. The molecule has 3 rings (SSSR count). The third-order valence-electron chi connectivity index (χ3n) is 4.75. The Bertz CT molecular complexity index is 545. The van der Waals surface area contributed by atoms with Crippen LogP contribution in [0.2, 0.25) is 0 Å². The highest BCUT2D eigenvalue weighted by Gasteiger charge is 2.12. The number of fused-ring (bicyclic) bond motifs is 1. The Morgan fingerprint density at radius 3 is 2.05 bits per heavy atom. The molecule has 0 aliphatic heterocycles. The lowest BCUT2D eigenvalue weighted by Gasteiger charge is -2.19. The minimum absolute atomic E-state index is 0.925. The van der Waals surface area contributed by atoms with Gasteiger partial charge >= 0.3 is 0 Å². The van der Waals surface area contributed by atoms with Gasteiger partial charge in [0, 0.05) is 0 Å². The SMILES string of the molecule is c1ccc2c(PC3CCCCCCCCC3)cccc2c1. The third-order valence-corrected chi connectivity index (χ3v) is 6.49. The Balaban J connectivity index is 1.73. The molecular formula is C20H27P. The average molecular weight is 298 g/mol. The molecule has 0 bridgehead atoms. The van der Waals surface area contributed by atoms with Crippen LogP contribution in [0, 0.1) is 0 Å². The molecule has 1 heteroatoms. The van der Waals surface area contributed by atoms with Gasteiger partial charge in [0.15, 0.2) is 0 Å². The summed E-state index contributed by atoms with van der Waals surface area (Å²) in [5, 5.41) is 4.48. The van der Waals surface area contributed by atoms with E-state index in [0.29, 0.717) is 0 Å². The molecule has 0 radical (unpaired) electrons. The fourth-order valence-electron chi connectivity index (χ4n) is 3.53. The molecule has 1 fully saturated rings. The predicted molar refractivity (Wildman–Crippen MR) is 97.2 cm³/mol. The van der Waals surface area contributed by atoms with Gasteiger partial charge in [-0.05, 0) is 34.6 Å². The van der Waals surface area contributed by atoms with Gasteiger partial charge in [-0.3, -0.25) is 0 Å². The van der Waals surface area contributed by atoms with Crippen molar-refractivity contribution in [2.75, 3.05) is 0 Å². The number of rotatable bonds is 2. The highest BCUT2D eigenvalue weighted by atomic mass is 31.1. The molecule has 112 valence electrons. The zero-order chi connectivity index (χ0) is 14.3. The van der Waals surface area contributed by atoms with Gasteiger partial charge in [0.1, 0.15) is 0 Å². The molecule has 2 aromatic rings. The molecule has 1 atom stereocenters. The smallest absolute Gasteiger partial charge is 0.0110 e. The van der Waals surface area contributed by atoms with Gasteiger partial charge < -0.3 is 0 Å². The maximum atomic E-state index is 2.36. The summed E-state index contributed by atoms with van der Waals surface area (Å²) in [6.45, 7) is 0. The normalized spacial score (nSPS) is 19.2. The Morgan fingerprint density at radius 1 is 0.667 bits per heavy atom. The second kappa shape index (κ2) is 7.95. The van der Waals surface area contributed by atoms with Crippen LogP contribution < -0.4 is 5.30 Å². The van der Waals surface area contributed by atoms with Gasteiger partial charge in [0.2, 0.25) is 0 Å². The van der Waals surface area contributed by atoms with Crippen molar-refractivity contribution in [2.24, 2.45) is 0 Å². The summed E-state index contributed by atoms with van der Waals surface area (Å²) < 4.78 is 0. The van der Waals surface area contributed by atoms with Gasteiger partial charge in [0.25, 0.3) is 0 Å². The maximum absolute atomic E-state index is 2.36. The molecular weight excluding hydrogens is 271 g/mol. The molecule has 21 heavy (non-hydrogen) atoms. The average Bonchev–Trinajstić information content (AvgIpc) is 2.54. The van der Waals surface area contributed by atoms with Crippen molar-refractivity contribution >= 4 is 24.7 Å². The summed E-state index contributed by atoms with van der Waals surface area (Å²) in [6, 6.07) is 15.7. The summed E-state index contributed by atoms with van der Waals surface area (Å²) in [5.41, 5.74) is 0.925. The van der Waals surface area contributed by atoms with Crippen LogP contribution in [0.3, 0.4) is 0 Å². The molecule has 1 aliphatic carbocycles. The lowest BCUT2D eigenvalue weighted by atomic mass is 10.0. The van der Waals surface area contributed by atoms with Gasteiger partial charge in [-0.2, -0.15) is 0 Å². The molecule has 0 spiro atoms. The van der Waals surface area contributed by atoms with Crippen LogP contribution in [-0.2, 0) is 0 Å². The van der Waals surface area contributed by atoms with E-state index in [-0.39, 0.29) is 0 Å². The summed E-state index contributed by atoms with van der Waals surface area (Å²) in [5.74, 6) is 0. The fraction of sp³-hybridized carbons (Fsp3) is 0.500. The lowest BCUT2D eigenvalue weighted by molar-refractivity contribution is 0.510. The highest BCUT2D eigenvalue weighted by molar-refractivity contribution is 7.48. The van der Waals surface area contributed by atoms with E-state index in [1.54, 1.807) is 5.30 Å². The van der Waals surface area contributed by atoms with Gasteiger partial charge in [0.05, 0.1) is 0 Å². The number of benzene rings is 2. The van der Waals surface area contributed by atoms with E-state index in [1.807, 2.05) is 0 Å². The van der Waals surface area contributed by atoms with E-state index in [9.17, 15) is 0 Å². The monoisotopic (exact) mass is 298 g/mol. The van der Waals surface area contributed by atoms with Gasteiger partial charge in [-0.15, -0.1) is 0 Å². The summed E-state index contributed by atoms with van der Waals surface area (Å²) in [6.07, 6.45) is 13.1. The lowest BCUT2D eigenvalue weighted by Crippen LogP contribution is -2.08. The predicted octanol–water partition coefficient (Wildman–Crippen LogP) is 6.04. The second-order valence-electron chi connectivity index (χ2n) is 6.42. The third kappa shape index (κ3) is 4.30. The topological polar surface area (TPSA) is 0 Å². The van der Waals surface area contributed by atoms with Crippen LogP contribution in [0.15, 0.2) is 42.5 Å². The molecule has 0 aromatic heterocycles. The largest absolute Gasteiger partial charge is 0.0865 e. The van der Waals surface area contributed by atoms with Gasteiger partial charge in [-0.1, -0.05) is 96.0 Å². The van der Waals surface area contributed by atoms with E-state index in [1.165, 1.54) is 68.6 Å². The summed E-state index contributed by atoms with van der Waals surface area (Å²) >= 11 is 0. The van der Waals surface area contributed by atoms with Crippen molar-refractivity contribution in [1.82, 2.24) is 0 Å². The van der Waals surface area contributed by atoms with Crippen molar-refractivity contribution in [3.05, 3.63) is 42.5 Å². The zero-order valence-electron chi connectivity index (χ0n) is 13.0. The van der Waals surface area contributed by atoms with Crippen molar-refractivity contribution in [3.8, 4) is 0 Å². The Labute approximate surface area is 131 Å². The first-order chi connectivity index (χ1) is 10.4. The molecule has 0 amide bonds. The van der Waals surface area contributed by atoms with Crippen LogP contribution in [0.5, 0.6) is 0 Å². The maximum Gasteiger partial charge on any atom is -0.0110 e. The highest BCUT2D eigenvalue weighted by Crippen LogP contribution is 2.32. The quantitative estimate of drug-likeness (QED) is 0.593. The van der Waals surface area contributed by atoms with Crippen LogP contribution in [0.1, 0.15) is 57.8 Å². The van der Waals surface area contributed by atoms with Crippen molar-refractivity contribution in [1.29, 1.82) is 0 Å². The molecule has 0 nitrogen and oxygen atoms in total. The van der Waals surface area contributed by atoms with E-state index in [2.05, 4.69) is 42.5 Å². The first-order valence-electron chi connectivity index (χ1n) is 8.68. The van der Waals surface area contributed by atoms with E-state index in [4.69, 9.17) is 0 Å². The second-order valence-corrected chi connectivity index (χ2v) is 8.06. The van der Waals surface area contributed by atoms with Crippen molar-refractivity contribution in [3.63, 3.8) is 0 Å². The van der Waals surface area contributed by atoms with Crippen LogP contribution in [0.4, 0.5) is 0 Å². The van der Waals surface area contributed by atoms with Crippen LogP contribution >= 0.6 is 8.58 Å². The minimum atomic E-state index is 0.925. The summed E-state index contributed by atoms with van der Waals surface area (Å²) in [4.78, 5) is 0. The molecule has 1 aliphatic rings. The Hall–Kier alpha value is -0.870. The first-order valence-corrected chi connectivity index (χ1v) is 9.75. The molecule has 0 heterocycles. The van der Waals surface area contributed by atoms with E-state index >= 15 is 0 Å².